The molecule has 0 spiro atoms. The zero-order chi connectivity index (χ0) is 22.5. The maximum Gasteiger partial charge on any atom is 0.293 e. The Morgan fingerprint density at radius 3 is 2.38 bits per heavy atom. The highest BCUT2D eigenvalue weighted by Crippen LogP contribution is 2.35. The van der Waals surface area contributed by atoms with Crippen LogP contribution in [0.1, 0.15) is 22.3 Å². The lowest BCUT2D eigenvalue weighted by Crippen LogP contribution is -2.27. The molecule has 4 rings (SSSR count). The van der Waals surface area contributed by atoms with Crippen LogP contribution in [0.4, 0.5) is 4.79 Å². The van der Waals surface area contributed by atoms with Crippen LogP contribution in [-0.4, -0.2) is 23.2 Å². The first-order valence-electron chi connectivity index (χ1n) is 10.2. The van der Waals surface area contributed by atoms with Gasteiger partial charge in [-0.25, -0.2) is 0 Å². The van der Waals surface area contributed by atoms with Gasteiger partial charge in [0.2, 0.25) is 0 Å². The van der Waals surface area contributed by atoms with Crippen molar-refractivity contribution in [2.24, 2.45) is 0 Å². The Kier molecular flexibility index (Phi) is 6.61. The summed E-state index contributed by atoms with van der Waals surface area (Å²) in [6.07, 6.45) is 1.72. The molecule has 0 radical (unpaired) electrons. The van der Waals surface area contributed by atoms with E-state index >= 15 is 0 Å². The van der Waals surface area contributed by atoms with Gasteiger partial charge >= 0.3 is 0 Å². The number of carbonyl (C=O) groups excluding carboxylic acids is 2. The van der Waals surface area contributed by atoms with Crippen LogP contribution >= 0.6 is 11.8 Å². The number of benzene rings is 3. The van der Waals surface area contributed by atoms with Crippen molar-refractivity contribution in [3.8, 4) is 11.5 Å². The van der Waals surface area contributed by atoms with E-state index in [9.17, 15) is 9.59 Å². The van der Waals surface area contributed by atoms with Crippen molar-refractivity contribution in [3.63, 3.8) is 0 Å². The van der Waals surface area contributed by atoms with E-state index in [0.717, 1.165) is 34.0 Å². The molecule has 5 nitrogen and oxygen atoms in total. The maximum atomic E-state index is 12.9. The molecule has 2 amide bonds. The van der Waals surface area contributed by atoms with Crippen LogP contribution in [0.15, 0.2) is 77.7 Å². The molecule has 32 heavy (non-hydrogen) atoms. The second-order valence-corrected chi connectivity index (χ2v) is 8.43. The van der Waals surface area contributed by atoms with Gasteiger partial charge in [0.15, 0.2) is 11.5 Å². The molecule has 3 aromatic carbocycles. The molecule has 0 aromatic heterocycles. The normalized spacial score (nSPS) is 14.8. The van der Waals surface area contributed by atoms with Crippen LogP contribution in [0.3, 0.4) is 0 Å². The van der Waals surface area contributed by atoms with Gasteiger partial charge < -0.3 is 9.47 Å². The van der Waals surface area contributed by atoms with Crippen LogP contribution in [0, 0.1) is 6.92 Å². The van der Waals surface area contributed by atoms with Crippen molar-refractivity contribution in [2.45, 2.75) is 20.1 Å². The van der Waals surface area contributed by atoms with Crippen molar-refractivity contribution >= 4 is 29.0 Å². The predicted molar refractivity (Wildman–Crippen MR) is 126 cm³/mol. The third kappa shape index (κ3) is 5.03. The van der Waals surface area contributed by atoms with Crippen LogP contribution in [0.2, 0.25) is 0 Å². The summed E-state index contributed by atoms with van der Waals surface area (Å²) in [6, 6.07) is 23.1. The number of methoxy groups -OCH3 is 1. The van der Waals surface area contributed by atoms with Crippen LogP contribution in [0.25, 0.3) is 6.08 Å². The zero-order valence-corrected chi connectivity index (χ0v) is 18.7. The standard InChI is InChI=1S/C26H23NO4S/c1-18-8-10-19(11-9-18)16-27-25(28)24(32-26(27)29)15-21-12-13-22(30-2)23(14-21)31-17-20-6-4-3-5-7-20/h3-15H,16-17H2,1-2H3/b24-15-. The molecule has 0 bridgehead atoms. The fourth-order valence-electron chi connectivity index (χ4n) is 3.29. The number of amides is 2. The third-order valence-corrected chi connectivity index (χ3v) is 5.96. The number of ether oxygens (including phenoxy) is 2. The molecule has 0 N–H and O–H groups in total. The van der Waals surface area contributed by atoms with E-state index in [2.05, 4.69) is 0 Å². The molecule has 3 aromatic rings. The summed E-state index contributed by atoms with van der Waals surface area (Å²) in [4.78, 5) is 27.0. The van der Waals surface area contributed by atoms with Gasteiger partial charge in [-0.15, -0.1) is 0 Å². The number of hydrogen-bond donors (Lipinski definition) is 0. The molecule has 0 atom stereocenters. The molecular formula is C26H23NO4S. The van der Waals surface area contributed by atoms with Gasteiger partial charge in [0.1, 0.15) is 6.61 Å². The third-order valence-electron chi connectivity index (χ3n) is 5.06. The molecule has 1 fully saturated rings. The summed E-state index contributed by atoms with van der Waals surface area (Å²) >= 11 is 0.952. The highest BCUT2D eigenvalue weighted by Gasteiger charge is 2.35. The van der Waals surface area contributed by atoms with Crippen LogP contribution in [0.5, 0.6) is 11.5 Å². The second kappa shape index (κ2) is 9.75. The number of carbonyl (C=O) groups is 2. The molecular weight excluding hydrogens is 422 g/mol. The predicted octanol–water partition coefficient (Wildman–Crippen LogP) is 5.82. The SMILES string of the molecule is COc1ccc(/C=C2\SC(=O)N(Cc3ccc(C)cc3)C2=O)cc1OCc1ccccc1. The van der Waals surface area contributed by atoms with E-state index in [4.69, 9.17) is 9.47 Å². The highest BCUT2D eigenvalue weighted by molar-refractivity contribution is 8.18. The summed E-state index contributed by atoms with van der Waals surface area (Å²) in [7, 11) is 1.58. The molecule has 0 saturated carbocycles. The molecule has 1 heterocycles. The topological polar surface area (TPSA) is 55.8 Å². The summed E-state index contributed by atoms with van der Waals surface area (Å²) < 4.78 is 11.4. The lowest BCUT2D eigenvalue weighted by Gasteiger charge is -2.13. The number of rotatable bonds is 7. The Labute approximate surface area is 191 Å². The van der Waals surface area contributed by atoms with Gasteiger partial charge in [-0.1, -0.05) is 66.2 Å². The lowest BCUT2D eigenvalue weighted by atomic mass is 10.1. The smallest absolute Gasteiger partial charge is 0.293 e. The first kappa shape index (κ1) is 21.7. The van der Waals surface area contributed by atoms with Gasteiger partial charge in [0.05, 0.1) is 18.6 Å². The van der Waals surface area contributed by atoms with Crippen molar-refractivity contribution in [2.75, 3.05) is 7.11 Å². The molecule has 6 heteroatoms. The van der Waals surface area contributed by atoms with Crippen molar-refractivity contribution in [1.82, 2.24) is 4.90 Å². The molecule has 1 aliphatic rings. The monoisotopic (exact) mass is 445 g/mol. The van der Waals surface area contributed by atoms with Gasteiger partial charge in [-0.3, -0.25) is 14.5 Å². The zero-order valence-electron chi connectivity index (χ0n) is 17.9. The van der Waals surface area contributed by atoms with E-state index in [1.165, 1.54) is 4.90 Å². The van der Waals surface area contributed by atoms with E-state index in [1.54, 1.807) is 19.3 Å². The molecule has 0 unspecified atom stereocenters. The Bertz CT molecular complexity index is 1160. The maximum absolute atomic E-state index is 12.9. The number of hydrogen-bond acceptors (Lipinski definition) is 5. The number of nitrogens with zero attached hydrogens (tertiary/aromatic N) is 1. The fourth-order valence-corrected chi connectivity index (χ4v) is 4.13. The van der Waals surface area contributed by atoms with Crippen molar-refractivity contribution in [1.29, 1.82) is 0 Å². The van der Waals surface area contributed by atoms with Crippen LogP contribution in [-0.2, 0) is 17.9 Å². The average molecular weight is 446 g/mol. The van der Waals surface area contributed by atoms with E-state index in [0.29, 0.717) is 23.0 Å². The van der Waals surface area contributed by atoms with E-state index in [-0.39, 0.29) is 17.7 Å². The first-order valence-corrected chi connectivity index (χ1v) is 11.0. The lowest BCUT2D eigenvalue weighted by molar-refractivity contribution is -0.123. The van der Waals surface area contributed by atoms with Gasteiger partial charge in [0, 0.05) is 0 Å². The minimum absolute atomic E-state index is 0.260. The quantitative estimate of drug-likeness (QED) is 0.429. The van der Waals surface area contributed by atoms with Gasteiger partial charge in [-0.2, -0.15) is 0 Å². The Balaban J connectivity index is 1.51. The number of imide groups is 1. The Morgan fingerprint density at radius 2 is 1.66 bits per heavy atom. The van der Waals surface area contributed by atoms with E-state index in [1.807, 2.05) is 73.7 Å². The fraction of sp³-hybridized carbons (Fsp3) is 0.154. The molecule has 1 saturated heterocycles. The summed E-state index contributed by atoms with van der Waals surface area (Å²) in [6.45, 7) is 2.66. The van der Waals surface area contributed by atoms with Crippen molar-refractivity contribution < 1.29 is 19.1 Å². The summed E-state index contributed by atoms with van der Waals surface area (Å²) in [5.41, 5.74) is 3.85. The average Bonchev–Trinajstić information content (AvgIpc) is 3.07. The first-order chi connectivity index (χ1) is 15.5. The Hall–Kier alpha value is -3.51. The highest BCUT2D eigenvalue weighted by atomic mass is 32.2. The largest absolute Gasteiger partial charge is 0.493 e. The molecule has 162 valence electrons. The molecule has 1 aliphatic heterocycles. The van der Waals surface area contributed by atoms with E-state index < -0.39 is 0 Å². The summed E-state index contributed by atoms with van der Waals surface area (Å²) in [5.74, 6) is 0.887. The van der Waals surface area contributed by atoms with Crippen molar-refractivity contribution in [3.05, 3.63) is 100.0 Å². The number of thioether (sulfide) groups is 1. The minimum atomic E-state index is -0.289. The minimum Gasteiger partial charge on any atom is -0.493 e. The Morgan fingerprint density at radius 1 is 0.906 bits per heavy atom. The molecule has 0 aliphatic carbocycles. The van der Waals surface area contributed by atoms with Gasteiger partial charge in [-0.05, 0) is 53.6 Å². The second-order valence-electron chi connectivity index (χ2n) is 7.44. The van der Waals surface area contributed by atoms with Crippen LogP contribution < -0.4 is 9.47 Å². The van der Waals surface area contributed by atoms with Gasteiger partial charge in [0.25, 0.3) is 11.1 Å². The number of aryl methyl sites for hydroxylation is 1. The summed E-state index contributed by atoms with van der Waals surface area (Å²) in [5, 5.41) is -0.268.